The number of esters is 1. The number of hydrogen-bond donors (Lipinski definition) is 2. The Morgan fingerprint density at radius 1 is 0.897 bits per heavy atom. The summed E-state index contributed by atoms with van der Waals surface area (Å²) in [5.41, 5.74) is 4.63. The average Bonchev–Trinajstić information content (AvgIpc) is 3.20. The third-order valence-corrected chi connectivity index (χ3v) is 8.89. The van der Waals surface area contributed by atoms with E-state index in [2.05, 4.69) is 29.6 Å². The quantitative estimate of drug-likeness (QED) is 0.367. The van der Waals surface area contributed by atoms with E-state index in [4.69, 9.17) is 9.47 Å². The molecule has 7 heteroatoms. The molecule has 0 aliphatic heterocycles. The summed E-state index contributed by atoms with van der Waals surface area (Å²) in [6.07, 6.45) is 0.146. The molecule has 3 aromatic rings. The molecule has 39 heavy (non-hydrogen) atoms. The number of carboxylic acid groups (broad SMARTS) is 1. The Kier molecular flexibility index (Phi) is 6.17. The Morgan fingerprint density at radius 3 is 2.05 bits per heavy atom. The number of rotatable bonds is 9. The van der Waals surface area contributed by atoms with Crippen LogP contribution >= 0.6 is 0 Å². The van der Waals surface area contributed by atoms with Gasteiger partial charge in [-0.05, 0) is 59.4 Å². The molecular formula is C32H31NO6. The van der Waals surface area contributed by atoms with Gasteiger partial charge in [-0.15, -0.1) is 0 Å². The smallest absolute Gasteiger partial charge is 0.407 e. The number of carbonyl (C=O) groups is 3. The maximum atomic E-state index is 12.9. The topological polar surface area (TPSA) is 102 Å². The van der Waals surface area contributed by atoms with E-state index >= 15 is 0 Å². The van der Waals surface area contributed by atoms with Crippen molar-refractivity contribution in [1.29, 1.82) is 0 Å². The lowest BCUT2D eigenvalue weighted by Gasteiger charge is -2.70. The number of ether oxygens (including phenoxy) is 2. The predicted octanol–water partition coefficient (Wildman–Crippen LogP) is 5.32. The Morgan fingerprint density at radius 2 is 1.46 bits per heavy atom. The number of fused-ring (bicyclic) bond motifs is 3. The highest BCUT2D eigenvalue weighted by atomic mass is 16.6. The largest absolute Gasteiger partial charge is 0.478 e. The average molecular weight is 526 g/mol. The van der Waals surface area contributed by atoms with Gasteiger partial charge in [-0.1, -0.05) is 78.9 Å². The first-order valence-corrected chi connectivity index (χ1v) is 13.4. The molecule has 0 spiro atoms. The minimum Gasteiger partial charge on any atom is -0.478 e. The van der Waals surface area contributed by atoms with E-state index < -0.39 is 29.6 Å². The lowest BCUT2D eigenvalue weighted by atomic mass is 9.33. The SMILES string of the molecule is C[C@H](NC(=O)OCC1c2ccccc2-c2ccccc21)C12CC(C(=O)OC(Cc3ccccc3)C(=O)O)(C1)C2. The molecule has 1 amide bonds. The molecule has 1 unspecified atom stereocenters. The van der Waals surface area contributed by atoms with E-state index in [1.807, 2.05) is 61.5 Å². The molecule has 2 bridgehead atoms. The maximum Gasteiger partial charge on any atom is 0.407 e. The van der Waals surface area contributed by atoms with Crippen LogP contribution in [0.15, 0.2) is 78.9 Å². The standard InChI is InChI=1S/C32H31NO6/c1-20(33-30(37)38-16-26-24-13-7-5-11-22(24)23-12-6-8-14-25(23)26)31-17-32(18-31,19-31)29(36)39-27(28(34)35)15-21-9-3-2-4-10-21/h2-14,20,26-27H,15-19H2,1H3,(H,33,37)(H,34,35)/t20-,27?,31?,32?/m0/s1. The second-order valence-corrected chi connectivity index (χ2v) is 11.3. The summed E-state index contributed by atoms with van der Waals surface area (Å²) in [6.45, 7) is 2.18. The Hall–Kier alpha value is -4.13. The van der Waals surface area contributed by atoms with Gasteiger partial charge in [0.1, 0.15) is 6.61 Å². The van der Waals surface area contributed by atoms with Crippen molar-refractivity contribution in [3.8, 4) is 11.1 Å². The second kappa shape index (κ2) is 9.56. The summed E-state index contributed by atoms with van der Waals surface area (Å²) >= 11 is 0. The molecule has 2 N–H and O–H groups in total. The van der Waals surface area contributed by atoms with Crippen molar-refractivity contribution in [3.63, 3.8) is 0 Å². The van der Waals surface area contributed by atoms with Crippen LogP contribution in [0.1, 0.15) is 48.8 Å². The highest BCUT2D eigenvalue weighted by molar-refractivity contribution is 5.85. The Bertz CT molecular complexity index is 1370. The van der Waals surface area contributed by atoms with Gasteiger partial charge in [0, 0.05) is 18.4 Å². The van der Waals surface area contributed by atoms with Gasteiger partial charge in [-0.2, -0.15) is 0 Å². The third-order valence-electron chi connectivity index (χ3n) is 8.89. The summed E-state index contributed by atoms with van der Waals surface area (Å²) in [6, 6.07) is 25.4. The maximum absolute atomic E-state index is 12.9. The molecule has 7 nitrogen and oxygen atoms in total. The fourth-order valence-electron chi connectivity index (χ4n) is 6.77. The molecule has 0 heterocycles. The van der Waals surface area contributed by atoms with Gasteiger partial charge in [-0.25, -0.2) is 9.59 Å². The van der Waals surface area contributed by atoms with Crippen LogP contribution in [0.5, 0.6) is 0 Å². The zero-order valence-corrected chi connectivity index (χ0v) is 21.8. The molecule has 0 aromatic heterocycles. The molecule has 3 aromatic carbocycles. The van der Waals surface area contributed by atoms with Crippen molar-refractivity contribution >= 4 is 18.0 Å². The minimum absolute atomic E-state index is 0.00971. The molecule has 200 valence electrons. The van der Waals surface area contributed by atoms with E-state index in [-0.39, 0.29) is 30.4 Å². The third kappa shape index (κ3) is 4.36. The molecule has 3 saturated carbocycles. The molecule has 4 aliphatic rings. The van der Waals surface area contributed by atoms with Gasteiger partial charge in [0.25, 0.3) is 0 Å². The Balaban J connectivity index is 1.01. The number of carbonyl (C=O) groups excluding carboxylic acids is 2. The van der Waals surface area contributed by atoms with Crippen LogP contribution in [0.3, 0.4) is 0 Å². The van der Waals surface area contributed by atoms with Crippen molar-refractivity contribution < 1.29 is 29.0 Å². The van der Waals surface area contributed by atoms with Gasteiger partial charge in [0.2, 0.25) is 6.10 Å². The lowest BCUT2D eigenvalue weighted by molar-refractivity contribution is -0.239. The number of amides is 1. The summed E-state index contributed by atoms with van der Waals surface area (Å²) in [7, 11) is 0. The number of hydrogen-bond acceptors (Lipinski definition) is 5. The highest BCUT2D eigenvalue weighted by Crippen LogP contribution is 2.75. The number of alkyl carbamates (subject to hydrolysis) is 1. The van der Waals surface area contributed by atoms with E-state index in [9.17, 15) is 19.5 Å². The molecule has 4 aliphatic carbocycles. The normalized spacial score (nSPS) is 23.7. The molecule has 3 fully saturated rings. The summed E-state index contributed by atoms with van der Waals surface area (Å²) in [5, 5.41) is 12.6. The van der Waals surface area contributed by atoms with E-state index in [0.29, 0.717) is 19.3 Å². The number of nitrogens with one attached hydrogen (secondary N) is 1. The summed E-state index contributed by atoms with van der Waals surface area (Å²) < 4.78 is 11.2. The van der Waals surface area contributed by atoms with Crippen LogP contribution < -0.4 is 5.32 Å². The highest BCUT2D eigenvalue weighted by Gasteiger charge is 2.74. The lowest BCUT2D eigenvalue weighted by Crippen LogP contribution is -2.72. The van der Waals surface area contributed by atoms with Crippen LogP contribution in [0.25, 0.3) is 11.1 Å². The number of benzene rings is 3. The van der Waals surface area contributed by atoms with Crippen LogP contribution in [0.2, 0.25) is 0 Å². The van der Waals surface area contributed by atoms with Gasteiger partial charge in [0.15, 0.2) is 0 Å². The first-order chi connectivity index (χ1) is 18.8. The molecule has 0 saturated heterocycles. The van der Waals surface area contributed by atoms with Crippen molar-refractivity contribution in [1.82, 2.24) is 5.32 Å². The predicted molar refractivity (Wildman–Crippen MR) is 144 cm³/mol. The van der Waals surface area contributed by atoms with E-state index in [0.717, 1.165) is 16.7 Å². The van der Waals surface area contributed by atoms with Crippen LogP contribution in [-0.2, 0) is 25.5 Å². The molecule has 7 rings (SSSR count). The zero-order valence-electron chi connectivity index (χ0n) is 21.8. The first kappa shape index (κ1) is 25.2. The molecule has 0 radical (unpaired) electrons. The fraction of sp³-hybridized carbons (Fsp3) is 0.344. The van der Waals surface area contributed by atoms with Gasteiger partial charge in [-0.3, -0.25) is 4.79 Å². The van der Waals surface area contributed by atoms with Crippen molar-refractivity contribution in [2.45, 2.75) is 50.7 Å². The number of aliphatic carboxylic acids is 1. The van der Waals surface area contributed by atoms with Crippen LogP contribution in [0, 0.1) is 10.8 Å². The van der Waals surface area contributed by atoms with Crippen LogP contribution in [-0.4, -0.2) is 41.9 Å². The minimum atomic E-state index is -1.22. The summed E-state index contributed by atoms with van der Waals surface area (Å²) in [4.78, 5) is 37.4. The van der Waals surface area contributed by atoms with Gasteiger partial charge in [0.05, 0.1) is 5.41 Å². The van der Waals surface area contributed by atoms with Crippen molar-refractivity contribution in [2.75, 3.05) is 6.61 Å². The van der Waals surface area contributed by atoms with Crippen LogP contribution in [0.4, 0.5) is 4.79 Å². The van der Waals surface area contributed by atoms with Gasteiger partial charge >= 0.3 is 18.0 Å². The summed E-state index contributed by atoms with van der Waals surface area (Å²) in [5.74, 6) is -1.62. The fourth-order valence-corrected chi connectivity index (χ4v) is 6.77. The van der Waals surface area contributed by atoms with E-state index in [1.54, 1.807) is 0 Å². The van der Waals surface area contributed by atoms with Crippen molar-refractivity contribution in [2.24, 2.45) is 10.8 Å². The number of carboxylic acids is 1. The zero-order chi connectivity index (χ0) is 27.2. The Labute approximate surface area is 227 Å². The first-order valence-electron chi connectivity index (χ1n) is 13.4. The van der Waals surface area contributed by atoms with Gasteiger partial charge < -0.3 is 19.9 Å². The molecular weight excluding hydrogens is 494 g/mol. The second-order valence-electron chi connectivity index (χ2n) is 11.3. The monoisotopic (exact) mass is 525 g/mol. The van der Waals surface area contributed by atoms with Crippen molar-refractivity contribution in [3.05, 3.63) is 95.6 Å². The van der Waals surface area contributed by atoms with E-state index in [1.165, 1.54) is 11.1 Å². The molecule has 2 atom stereocenters.